The predicted molar refractivity (Wildman–Crippen MR) is 52.3 cm³/mol. The number of hydrogen-bond donors (Lipinski definition) is 0. The van der Waals surface area contributed by atoms with Crippen LogP contribution >= 0.6 is 31.9 Å². The molecule has 0 aromatic heterocycles. The van der Waals surface area contributed by atoms with Gasteiger partial charge in [0, 0.05) is 4.48 Å². The van der Waals surface area contributed by atoms with Gasteiger partial charge in [-0.15, -0.1) is 0 Å². The fourth-order valence-corrected chi connectivity index (χ4v) is 1.19. The van der Waals surface area contributed by atoms with E-state index >= 15 is 0 Å². The fraction of sp³-hybridized carbons (Fsp3) is 0. The van der Waals surface area contributed by atoms with Crippen LogP contribution in [0.2, 0.25) is 0 Å². The summed E-state index contributed by atoms with van der Waals surface area (Å²) in [5.41, 5.74) is 1.18. The maximum absolute atomic E-state index is 3.40. The average molecular weight is 262 g/mol. The van der Waals surface area contributed by atoms with Crippen LogP contribution in [0.5, 0.6) is 0 Å². The van der Waals surface area contributed by atoms with Crippen molar-refractivity contribution >= 4 is 36.3 Å². The third-order valence-electron chi connectivity index (χ3n) is 1.15. The van der Waals surface area contributed by atoms with Gasteiger partial charge in [0.05, 0.1) is 0 Å². The van der Waals surface area contributed by atoms with Gasteiger partial charge in [-0.2, -0.15) is 0 Å². The highest BCUT2D eigenvalue weighted by Gasteiger charge is 1.91. The summed E-state index contributed by atoms with van der Waals surface area (Å²) in [6, 6.07) is 10.1. The van der Waals surface area contributed by atoms with Gasteiger partial charge in [0.15, 0.2) is 0 Å². The summed E-state index contributed by atoms with van der Waals surface area (Å²) in [4.78, 5) is 1.85. The van der Waals surface area contributed by atoms with E-state index in [9.17, 15) is 0 Å². The van der Waals surface area contributed by atoms with Crippen LogP contribution in [0.15, 0.2) is 35.3 Å². The van der Waals surface area contributed by atoms with Crippen LogP contribution in [0, 0.1) is 0 Å². The first-order chi connectivity index (χ1) is 4.84. The van der Waals surface area contributed by atoms with Gasteiger partial charge in [-0.25, -0.2) is 0 Å². The number of hydrogen-bond acceptors (Lipinski definition) is 0. The Morgan fingerprint density at radius 3 is 2.30 bits per heavy atom. The Balaban J connectivity index is 2.96. The Hall–Kier alpha value is -0.0800. The molecule has 0 N–H and O–H groups in total. The van der Waals surface area contributed by atoms with Crippen LogP contribution in [-0.4, -0.2) is 0 Å². The molecule has 52 valence electrons. The standard InChI is InChI=1S/C8H6Br2/c9-6-8(10)7-4-2-1-3-5-7/h1-6H/b8-6-. The van der Waals surface area contributed by atoms with Crippen LogP contribution in [0.1, 0.15) is 5.56 Å². The minimum absolute atomic E-state index is 1.06. The molecule has 1 aromatic rings. The lowest BCUT2D eigenvalue weighted by atomic mass is 10.2. The molecule has 0 aliphatic heterocycles. The topological polar surface area (TPSA) is 0 Å². The zero-order chi connectivity index (χ0) is 7.40. The minimum atomic E-state index is 1.06. The molecule has 0 saturated heterocycles. The van der Waals surface area contributed by atoms with E-state index in [0.29, 0.717) is 0 Å². The number of rotatable bonds is 1. The summed E-state index contributed by atoms with van der Waals surface area (Å²) >= 11 is 6.64. The fourth-order valence-electron chi connectivity index (χ4n) is 0.660. The van der Waals surface area contributed by atoms with Gasteiger partial charge in [-0.3, -0.25) is 0 Å². The van der Waals surface area contributed by atoms with Gasteiger partial charge in [-0.1, -0.05) is 46.3 Å². The van der Waals surface area contributed by atoms with E-state index in [-0.39, 0.29) is 0 Å². The van der Waals surface area contributed by atoms with Crippen molar-refractivity contribution in [2.75, 3.05) is 0 Å². The monoisotopic (exact) mass is 260 g/mol. The first kappa shape index (κ1) is 8.02. The molecule has 1 aromatic carbocycles. The van der Waals surface area contributed by atoms with E-state index < -0.39 is 0 Å². The van der Waals surface area contributed by atoms with E-state index in [1.54, 1.807) is 0 Å². The van der Waals surface area contributed by atoms with Gasteiger partial charge < -0.3 is 0 Å². The normalized spacial score (nSPS) is 11.6. The molecule has 0 nitrogen and oxygen atoms in total. The lowest BCUT2D eigenvalue weighted by Gasteiger charge is -1.94. The molecular weight excluding hydrogens is 256 g/mol. The Bertz CT molecular complexity index is 226. The Morgan fingerprint density at radius 2 is 1.80 bits per heavy atom. The van der Waals surface area contributed by atoms with E-state index in [4.69, 9.17) is 0 Å². The van der Waals surface area contributed by atoms with Gasteiger partial charge in [0.1, 0.15) is 0 Å². The third kappa shape index (κ3) is 1.96. The predicted octanol–water partition coefficient (Wildman–Crippen LogP) is 3.77. The molecule has 0 bridgehead atoms. The summed E-state index contributed by atoms with van der Waals surface area (Å²) in [5.74, 6) is 0. The minimum Gasteiger partial charge on any atom is -0.0622 e. The summed E-state index contributed by atoms with van der Waals surface area (Å²) < 4.78 is 1.06. The van der Waals surface area contributed by atoms with Crippen LogP contribution in [0.4, 0.5) is 0 Å². The molecule has 1 rings (SSSR count). The molecular formula is C8H6Br2. The summed E-state index contributed by atoms with van der Waals surface area (Å²) in [6.07, 6.45) is 0. The van der Waals surface area contributed by atoms with Crippen LogP contribution in [0.3, 0.4) is 0 Å². The van der Waals surface area contributed by atoms with Crippen molar-refractivity contribution < 1.29 is 0 Å². The lowest BCUT2D eigenvalue weighted by Crippen LogP contribution is -1.71. The van der Waals surface area contributed by atoms with Crippen LogP contribution in [0.25, 0.3) is 4.48 Å². The lowest BCUT2D eigenvalue weighted by molar-refractivity contribution is 1.66. The number of halogens is 2. The third-order valence-corrected chi connectivity index (χ3v) is 2.90. The quantitative estimate of drug-likeness (QED) is 0.722. The maximum atomic E-state index is 3.40. The molecule has 2 heteroatoms. The largest absolute Gasteiger partial charge is 0.0622 e. The molecule has 0 radical (unpaired) electrons. The molecule has 0 fully saturated rings. The Kier molecular flexibility index (Phi) is 3.16. The molecule has 10 heavy (non-hydrogen) atoms. The second-order valence-corrected chi connectivity index (χ2v) is 3.14. The van der Waals surface area contributed by atoms with Crippen molar-refractivity contribution in [1.29, 1.82) is 0 Å². The molecule has 0 unspecified atom stereocenters. The zero-order valence-electron chi connectivity index (χ0n) is 5.22. The van der Waals surface area contributed by atoms with Crippen molar-refractivity contribution in [1.82, 2.24) is 0 Å². The molecule has 0 heterocycles. The van der Waals surface area contributed by atoms with Crippen molar-refractivity contribution in [2.45, 2.75) is 0 Å². The summed E-state index contributed by atoms with van der Waals surface area (Å²) in [5, 5.41) is 0. The van der Waals surface area contributed by atoms with Gasteiger partial charge in [0.2, 0.25) is 0 Å². The van der Waals surface area contributed by atoms with E-state index in [0.717, 1.165) is 4.48 Å². The molecule has 0 saturated carbocycles. The molecule has 0 amide bonds. The van der Waals surface area contributed by atoms with Crippen molar-refractivity contribution in [2.24, 2.45) is 0 Å². The highest BCUT2D eigenvalue weighted by atomic mass is 79.9. The van der Waals surface area contributed by atoms with E-state index in [2.05, 4.69) is 31.9 Å². The molecule has 0 aliphatic carbocycles. The smallest absolute Gasteiger partial charge is 0.0316 e. The van der Waals surface area contributed by atoms with Crippen LogP contribution in [-0.2, 0) is 0 Å². The van der Waals surface area contributed by atoms with Crippen molar-refractivity contribution in [3.63, 3.8) is 0 Å². The van der Waals surface area contributed by atoms with E-state index in [1.165, 1.54) is 5.56 Å². The molecule has 0 aliphatic rings. The van der Waals surface area contributed by atoms with E-state index in [1.807, 2.05) is 35.3 Å². The van der Waals surface area contributed by atoms with Gasteiger partial charge in [0.25, 0.3) is 0 Å². The average Bonchev–Trinajstić information content (AvgIpc) is 2.05. The maximum Gasteiger partial charge on any atom is 0.0316 e. The Morgan fingerprint density at radius 1 is 1.20 bits per heavy atom. The van der Waals surface area contributed by atoms with Crippen LogP contribution < -0.4 is 0 Å². The summed E-state index contributed by atoms with van der Waals surface area (Å²) in [6.45, 7) is 0. The molecule has 0 atom stereocenters. The SMILES string of the molecule is Br/C=C(\Br)c1ccccc1. The van der Waals surface area contributed by atoms with Crippen molar-refractivity contribution in [3.8, 4) is 0 Å². The second-order valence-electron chi connectivity index (χ2n) is 1.82. The van der Waals surface area contributed by atoms with Gasteiger partial charge in [-0.05, 0) is 26.5 Å². The zero-order valence-corrected chi connectivity index (χ0v) is 8.39. The Labute approximate surface area is 77.2 Å². The molecule has 0 spiro atoms. The first-order valence-corrected chi connectivity index (χ1v) is 4.57. The highest BCUT2D eigenvalue weighted by Crippen LogP contribution is 2.21. The first-order valence-electron chi connectivity index (χ1n) is 2.86. The van der Waals surface area contributed by atoms with Crippen molar-refractivity contribution in [3.05, 3.63) is 40.9 Å². The second kappa shape index (κ2) is 3.94. The van der Waals surface area contributed by atoms with Gasteiger partial charge >= 0.3 is 0 Å². The highest BCUT2D eigenvalue weighted by molar-refractivity contribution is 9.16. The summed E-state index contributed by atoms with van der Waals surface area (Å²) in [7, 11) is 0. The number of benzene rings is 1.